The van der Waals surface area contributed by atoms with Crippen LogP contribution in [0.5, 0.6) is 5.75 Å². The highest BCUT2D eigenvalue weighted by Gasteiger charge is 2.12. The number of morpholine rings is 1. The van der Waals surface area contributed by atoms with Crippen molar-refractivity contribution in [3.63, 3.8) is 0 Å². The van der Waals surface area contributed by atoms with Crippen molar-refractivity contribution in [1.82, 2.24) is 9.97 Å². The molecule has 3 heterocycles. The molecular formula is C22H22N4O3. The third-order valence-electron chi connectivity index (χ3n) is 4.60. The molecule has 0 radical (unpaired) electrons. The Hall–Kier alpha value is -3.45. The Kier molecular flexibility index (Phi) is 5.97. The molecule has 1 fully saturated rings. The molecule has 0 atom stereocenters. The largest absolute Gasteiger partial charge is 0.487 e. The fourth-order valence-corrected chi connectivity index (χ4v) is 3.00. The third kappa shape index (κ3) is 5.08. The van der Waals surface area contributed by atoms with Gasteiger partial charge < -0.3 is 19.7 Å². The van der Waals surface area contributed by atoms with Crippen LogP contribution >= 0.6 is 0 Å². The summed E-state index contributed by atoms with van der Waals surface area (Å²) < 4.78 is 11.1. The lowest BCUT2D eigenvalue weighted by Crippen LogP contribution is -2.36. The van der Waals surface area contributed by atoms with Crippen molar-refractivity contribution < 1.29 is 14.3 Å². The number of pyridine rings is 2. The topological polar surface area (TPSA) is 76.6 Å². The van der Waals surface area contributed by atoms with Crippen LogP contribution in [-0.4, -0.2) is 42.2 Å². The summed E-state index contributed by atoms with van der Waals surface area (Å²) in [5, 5.41) is 2.82. The van der Waals surface area contributed by atoms with Crippen LogP contribution < -0.4 is 15.0 Å². The van der Waals surface area contributed by atoms with E-state index in [0.29, 0.717) is 23.7 Å². The number of benzene rings is 1. The van der Waals surface area contributed by atoms with Crippen LogP contribution in [0, 0.1) is 0 Å². The fraction of sp³-hybridized carbons (Fsp3) is 0.227. The second-order valence-electron chi connectivity index (χ2n) is 6.59. The Morgan fingerprint density at radius 1 is 1.03 bits per heavy atom. The van der Waals surface area contributed by atoms with E-state index in [1.807, 2.05) is 30.3 Å². The van der Waals surface area contributed by atoms with Crippen LogP contribution in [0.25, 0.3) is 0 Å². The summed E-state index contributed by atoms with van der Waals surface area (Å²) in [6, 6.07) is 16.5. The van der Waals surface area contributed by atoms with Gasteiger partial charge in [0.2, 0.25) is 0 Å². The van der Waals surface area contributed by atoms with E-state index >= 15 is 0 Å². The molecule has 148 valence electrons. The van der Waals surface area contributed by atoms with Gasteiger partial charge in [-0.05, 0) is 48.5 Å². The van der Waals surface area contributed by atoms with Gasteiger partial charge in [-0.25, -0.2) is 4.98 Å². The first-order valence-corrected chi connectivity index (χ1v) is 9.51. The molecule has 1 saturated heterocycles. The van der Waals surface area contributed by atoms with Crippen molar-refractivity contribution in [2.24, 2.45) is 0 Å². The Balaban J connectivity index is 1.32. The van der Waals surface area contributed by atoms with E-state index in [9.17, 15) is 4.79 Å². The quantitative estimate of drug-likeness (QED) is 0.697. The van der Waals surface area contributed by atoms with E-state index in [1.165, 1.54) is 0 Å². The average Bonchev–Trinajstić information content (AvgIpc) is 2.80. The predicted molar refractivity (Wildman–Crippen MR) is 110 cm³/mol. The first kappa shape index (κ1) is 18.9. The van der Waals surface area contributed by atoms with E-state index in [2.05, 4.69) is 20.2 Å². The summed E-state index contributed by atoms with van der Waals surface area (Å²) in [5.74, 6) is 0.982. The number of nitrogens with one attached hydrogen (secondary N) is 1. The lowest BCUT2D eigenvalue weighted by atomic mass is 10.2. The zero-order chi connectivity index (χ0) is 19.9. The number of anilines is 2. The normalized spacial score (nSPS) is 13.7. The molecule has 0 unspecified atom stereocenters. The van der Waals surface area contributed by atoms with Gasteiger partial charge in [0.15, 0.2) is 0 Å². The standard InChI is InChI=1S/C22H22N4O3/c27-22(25-21-9-6-19(15-24-21)26-11-13-28-14-12-26)17-4-7-20(8-5-17)29-16-18-3-1-2-10-23-18/h1-10,15H,11-14,16H2,(H,24,25,27). The Morgan fingerprint density at radius 3 is 2.55 bits per heavy atom. The minimum Gasteiger partial charge on any atom is -0.487 e. The Labute approximate surface area is 169 Å². The van der Waals surface area contributed by atoms with Gasteiger partial charge in [-0.1, -0.05) is 6.07 Å². The molecular weight excluding hydrogens is 368 g/mol. The van der Waals surface area contributed by atoms with Gasteiger partial charge >= 0.3 is 0 Å². The van der Waals surface area contributed by atoms with Gasteiger partial charge in [-0.2, -0.15) is 0 Å². The van der Waals surface area contributed by atoms with Crippen LogP contribution in [0.4, 0.5) is 11.5 Å². The maximum atomic E-state index is 12.5. The van der Waals surface area contributed by atoms with Crippen LogP contribution in [0.2, 0.25) is 0 Å². The number of rotatable bonds is 6. The second-order valence-corrected chi connectivity index (χ2v) is 6.59. The monoisotopic (exact) mass is 390 g/mol. The zero-order valence-electron chi connectivity index (χ0n) is 16.0. The molecule has 0 saturated carbocycles. The second kappa shape index (κ2) is 9.16. The molecule has 4 rings (SSSR count). The Morgan fingerprint density at radius 2 is 1.86 bits per heavy atom. The van der Waals surface area contributed by atoms with E-state index in [4.69, 9.17) is 9.47 Å². The number of hydrogen-bond donors (Lipinski definition) is 1. The van der Waals surface area contributed by atoms with Crippen molar-refractivity contribution >= 4 is 17.4 Å². The van der Waals surface area contributed by atoms with E-state index in [0.717, 1.165) is 37.7 Å². The first-order valence-electron chi connectivity index (χ1n) is 9.51. The fourth-order valence-electron chi connectivity index (χ4n) is 3.00. The van der Waals surface area contributed by atoms with Crippen molar-refractivity contribution in [2.45, 2.75) is 6.61 Å². The average molecular weight is 390 g/mol. The van der Waals surface area contributed by atoms with Crippen LogP contribution in [-0.2, 0) is 11.3 Å². The highest BCUT2D eigenvalue weighted by atomic mass is 16.5. The van der Waals surface area contributed by atoms with Crippen molar-refractivity contribution in [3.05, 3.63) is 78.2 Å². The number of carbonyl (C=O) groups excluding carboxylic acids is 1. The molecule has 7 nitrogen and oxygen atoms in total. The molecule has 1 N–H and O–H groups in total. The van der Waals surface area contributed by atoms with Crippen LogP contribution in [0.3, 0.4) is 0 Å². The maximum Gasteiger partial charge on any atom is 0.256 e. The maximum absolute atomic E-state index is 12.5. The van der Waals surface area contributed by atoms with Crippen molar-refractivity contribution in [1.29, 1.82) is 0 Å². The lowest BCUT2D eigenvalue weighted by Gasteiger charge is -2.28. The van der Waals surface area contributed by atoms with Crippen LogP contribution in [0.1, 0.15) is 16.1 Å². The summed E-state index contributed by atoms with van der Waals surface area (Å²) in [6.07, 6.45) is 3.50. The van der Waals surface area contributed by atoms with Gasteiger partial charge in [0.25, 0.3) is 5.91 Å². The van der Waals surface area contributed by atoms with E-state index in [-0.39, 0.29) is 5.91 Å². The molecule has 1 aromatic carbocycles. The predicted octanol–water partition coefficient (Wildman–Crippen LogP) is 3.14. The van der Waals surface area contributed by atoms with Gasteiger partial charge in [0, 0.05) is 24.8 Å². The van der Waals surface area contributed by atoms with Gasteiger partial charge in [-0.15, -0.1) is 0 Å². The van der Waals surface area contributed by atoms with E-state index in [1.54, 1.807) is 36.7 Å². The molecule has 1 amide bonds. The molecule has 7 heteroatoms. The lowest BCUT2D eigenvalue weighted by molar-refractivity contribution is 0.102. The SMILES string of the molecule is O=C(Nc1ccc(N2CCOCC2)cn1)c1ccc(OCc2ccccn2)cc1. The molecule has 1 aliphatic heterocycles. The summed E-state index contributed by atoms with van der Waals surface area (Å²) in [5.41, 5.74) is 2.41. The summed E-state index contributed by atoms with van der Waals surface area (Å²) >= 11 is 0. The molecule has 3 aromatic rings. The van der Waals surface area contributed by atoms with Gasteiger partial charge in [0.05, 0.1) is 30.8 Å². The molecule has 0 bridgehead atoms. The van der Waals surface area contributed by atoms with Crippen molar-refractivity contribution in [2.75, 3.05) is 36.5 Å². The summed E-state index contributed by atoms with van der Waals surface area (Å²) in [6.45, 7) is 3.52. The Bertz CT molecular complexity index is 925. The highest BCUT2D eigenvalue weighted by Crippen LogP contribution is 2.18. The number of amides is 1. The first-order chi connectivity index (χ1) is 14.3. The molecule has 29 heavy (non-hydrogen) atoms. The zero-order valence-corrected chi connectivity index (χ0v) is 16.0. The van der Waals surface area contributed by atoms with E-state index < -0.39 is 0 Å². The molecule has 1 aliphatic rings. The smallest absolute Gasteiger partial charge is 0.256 e. The van der Waals surface area contributed by atoms with Crippen LogP contribution in [0.15, 0.2) is 67.0 Å². The summed E-state index contributed by atoms with van der Waals surface area (Å²) in [4.78, 5) is 23.2. The number of aromatic nitrogens is 2. The molecule has 0 spiro atoms. The highest BCUT2D eigenvalue weighted by molar-refractivity contribution is 6.03. The summed E-state index contributed by atoms with van der Waals surface area (Å²) in [7, 11) is 0. The minimum absolute atomic E-state index is 0.215. The van der Waals surface area contributed by atoms with Crippen molar-refractivity contribution in [3.8, 4) is 5.75 Å². The number of carbonyl (C=O) groups is 1. The number of hydrogen-bond acceptors (Lipinski definition) is 6. The molecule has 0 aliphatic carbocycles. The number of ether oxygens (including phenoxy) is 2. The minimum atomic E-state index is -0.215. The molecule has 2 aromatic heterocycles. The van der Waals surface area contributed by atoms with Gasteiger partial charge in [-0.3, -0.25) is 9.78 Å². The number of nitrogens with zero attached hydrogens (tertiary/aromatic N) is 3. The van der Waals surface area contributed by atoms with Gasteiger partial charge in [0.1, 0.15) is 18.2 Å². The third-order valence-corrected chi connectivity index (χ3v) is 4.60.